The highest BCUT2D eigenvalue weighted by Crippen LogP contribution is 2.27. The van der Waals surface area contributed by atoms with Gasteiger partial charge in [-0.3, -0.25) is 9.88 Å². The van der Waals surface area contributed by atoms with Crippen molar-refractivity contribution >= 4 is 17.5 Å². The summed E-state index contributed by atoms with van der Waals surface area (Å²) >= 11 is 0. The fraction of sp³-hybridized carbons (Fsp3) is 0.400. The number of morpholine rings is 1. The van der Waals surface area contributed by atoms with Gasteiger partial charge in [0.05, 0.1) is 36.7 Å². The molecule has 1 N–H and O–H groups in total. The second kappa shape index (κ2) is 10.3. The van der Waals surface area contributed by atoms with E-state index in [1.165, 1.54) is 0 Å². The number of nitriles is 1. The molecule has 2 fully saturated rings. The van der Waals surface area contributed by atoms with Crippen LogP contribution in [0.3, 0.4) is 0 Å². The van der Waals surface area contributed by atoms with Crippen molar-refractivity contribution in [1.82, 2.24) is 24.8 Å². The molecular formula is C25H27FN8O. The van der Waals surface area contributed by atoms with Gasteiger partial charge in [0, 0.05) is 55.5 Å². The third-order valence-corrected chi connectivity index (χ3v) is 6.31. The fourth-order valence-corrected chi connectivity index (χ4v) is 4.40. The quantitative estimate of drug-likeness (QED) is 0.576. The highest BCUT2D eigenvalue weighted by atomic mass is 19.1. The van der Waals surface area contributed by atoms with Gasteiger partial charge in [-0.1, -0.05) is 0 Å². The molecule has 2 aliphatic heterocycles. The van der Waals surface area contributed by atoms with Crippen LogP contribution in [0.4, 0.5) is 21.8 Å². The standard InChI is InChI=1S/C25H27FN8O/c1-17-16-35-9-8-33(17)15-22-11-21(2-5-28-22)31-25-29-6-3-23(32-25)19-10-18(12-27)24(30-13-19)34-7-4-20(26)14-34/h2-3,5-6,10-11,13,17,20H,4,7-9,14-16H2,1H3,(H,28,29,31,32). The number of nitrogens with one attached hydrogen (secondary N) is 1. The number of ether oxygens (including phenoxy) is 1. The molecule has 35 heavy (non-hydrogen) atoms. The van der Waals surface area contributed by atoms with Gasteiger partial charge in [0.25, 0.3) is 0 Å². The fourth-order valence-electron chi connectivity index (χ4n) is 4.40. The minimum atomic E-state index is -0.885. The first-order valence-corrected chi connectivity index (χ1v) is 11.8. The van der Waals surface area contributed by atoms with Crippen molar-refractivity contribution in [3.8, 4) is 17.3 Å². The van der Waals surface area contributed by atoms with Gasteiger partial charge in [-0.05, 0) is 37.6 Å². The van der Waals surface area contributed by atoms with Crippen LogP contribution in [0.2, 0.25) is 0 Å². The molecule has 0 saturated carbocycles. The molecule has 0 aliphatic carbocycles. The Morgan fingerprint density at radius 1 is 1.20 bits per heavy atom. The summed E-state index contributed by atoms with van der Waals surface area (Å²) < 4.78 is 19.2. The van der Waals surface area contributed by atoms with Crippen LogP contribution in [0.25, 0.3) is 11.3 Å². The van der Waals surface area contributed by atoms with Gasteiger partial charge >= 0.3 is 0 Å². The Hall–Kier alpha value is -3.68. The zero-order valence-corrected chi connectivity index (χ0v) is 19.6. The third-order valence-electron chi connectivity index (χ3n) is 6.31. The molecule has 2 atom stereocenters. The lowest BCUT2D eigenvalue weighted by molar-refractivity contribution is -0.00489. The second-order valence-electron chi connectivity index (χ2n) is 8.86. The third kappa shape index (κ3) is 5.37. The van der Waals surface area contributed by atoms with E-state index in [-0.39, 0.29) is 6.54 Å². The summed E-state index contributed by atoms with van der Waals surface area (Å²) in [6.07, 6.45) is 4.68. The summed E-state index contributed by atoms with van der Waals surface area (Å²) in [4.78, 5) is 22.1. The van der Waals surface area contributed by atoms with Crippen molar-refractivity contribution in [3.05, 3.63) is 54.1 Å². The Labute approximate surface area is 203 Å². The number of aromatic nitrogens is 4. The SMILES string of the molecule is CC1COCCN1Cc1cc(Nc2nccc(-c3cnc(N4CCC(F)C4)c(C#N)c3)n2)ccn1. The highest BCUT2D eigenvalue weighted by molar-refractivity contribution is 5.67. The molecule has 0 spiro atoms. The smallest absolute Gasteiger partial charge is 0.227 e. The lowest BCUT2D eigenvalue weighted by atomic mass is 10.1. The molecule has 5 heterocycles. The van der Waals surface area contributed by atoms with Crippen LogP contribution < -0.4 is 10.2 Å². The number of anilines is 3. The number of rotatable bonds is 6. The van der Waals surface area contributed by atoms with E-state index in [1.54, 1.807) is 30.7 Å². The van der Waals surface area contributed by atoms with E-state index in [1.807, 2.05) is 17.0 Å². The van der Waals surface area contributed by atoms with Crippen molar-refractivity contribution in [2.45, 2.75) is 32.1 Å². The topological polar surface area (TPSA) is 103 Å². The maximum Gasteiger partial charge on any atom is 0.227 e. The van der Waals surface area contributed by atoms with Crippen LogP contribution in [0.15, 0.2) is 42.9 Å². The van der Waals surface area contributed by atoms with E-state index < -0.39 is 6.17 Å². The van der Waals surface area contributed by atoms with Crippen LogP contribution in [0.1, 0.15) is 24.6 Å². The maximum absolute atomic E-state index is 13.6. The van der Waals surface area contributed by atoms with Crippen LogP contribution >= 0.6 is 0 Å². The van der Waals surface area contributed by atoms with E-state index in [0.29, 0.717) is 47.6 Å². The van der Waals surface area contributed by atoms with Crippen molar-refractivity contribution in [2.75, 3.05) is 43.1 Å². The molecule has 3 aromatic heterocycles. The van der Waals surface area contributed by atoms with Crippen molar-refractivity contribution < 1.29 is 9.13 Å². The molecule has 0 aromatic carbocycles. The van der Waals surface area contributed by atoms with Crippen LogP contribution in [0.5, 0.6) is 0 Å². The van der Waals surface area contributed by atoms with Gasteiger partial charge in [-0.25, -0.2) is 19.3 Å². The van der Waals surface area contributed by atoms with E-state index in [4.69, 9.17) is 4.74 Å². The summed E-state index contributed by atoms with van der Waals surface area (Å²) in [6.45, 7) is 6.08. The van der Waals surface area contributed by atoms with Gasteiger partial charge in [0.1, 0.15) is 18.1 Å². The predicted molar refractivity (Wildman–Crippen MR) is 130 cm³/mol. The van der Waals surface area contributed by atoms with Crippen molar-refractivity contribution in [2.24, 2.45) is 0 Å². The average molecular weight is 475 g/mol. The van der Waals surface area contributed by atoms with Gasteiger partial charge < -0.3 is 15.0 Å². The Morgan fingerprint density at radius 3 is 2.89 bits per heavy atom. The van der Waals surface area contributed by atoms with Gasteiger partial charge in [0.2, 0.25) is 5.95 Å². The zero-order chi connectivity index (χ0) is 24.2. The number of pyridine rings is 2. The number of nitrogens with zero attached hydrogens (tertiary/aromatic N) is 7. The first kappa shape index (κ1) is 23.1. The summed E-state index contributed by atoms with van der Waals surface area (Å²) in [5, 5.41) is 12.9. The summed E-state index contributed by atoms with van der Waals surface area (Å²) in [7, 11) is 0. The summed E-state index contributed by atoms with van der Waals surface area (Å²) in [6, 6.07) is 9.93. The first-order valence-electron chi connectivity index (χ1n) is 11.8. The predicted octanol–water partition coefficient (Wildman–Crippen LogP) is 3.32. The largest absolute Gasteiger partial charge is 0.379 e. The van der Waals surface area contributed by atoms with Crippen LogP contribution in [-0.4, -0.2) is 69.9 Å². The number of halogens is 1. The normalized spacial score (nSPS) is 20.5. The molecule has 9 nitrogen and oxygen atoms in total. The second-order valence-corrected chi connectivity index (χ2v) is 8.86. The van der Waals surface area contributed by atoms with Crippen molar-refractivity contribution in [1.29, 1.82) is 5.26 Å². The summed E-state index contributed by atoms with van der Waals surface area (Å²) in [5.74, 6) is 0.949. The molecule has 5 rings (SSSR count). The minimum Gasteiger partial charge on any atom is -0.379 e. The number of hydrogen-bond donors (Lipinski definition) is 1. The maximum atomic E-state index is 13.6. The van der Waals surface area contributed by atoms with Gasteiger partial charge in [0.15, 0.2) is 0 Å². The lowest BCUT2D eigenvalue weighted by Crippen LogP contribution is -2.43. The molecule has 2 saturated heterocycles. The van der Waals surface area contributed by atoms with E-state index in [2.05, 4.69) is 43.1 Å². The Morgan fingerprint density at radius 2 is 2.09 bits per heavy atom. The summed E-state index contributed by atoms with van der Waals surface area (Å²) in [5.41, 5.74) is 3.54. The Bertz CT molecular complexity index is 1230. The van der Waals surface area contributed by atoms with E-state index in [9.17, 15) is 9.65 Å². The zero-order valence-electron chi connectivity index (χ0n) is 19.6. The van der Waals surface area contributed by atoms with Crippen LogP contribution in [-0.2, 0) is 11.3 Å². The number of alkyl halides is 1. The molecule has 0 amide bonds. The van der Waals surface area contributed by atoms with Crippen molar-refractivity contribution in [3.63, 3.8) is 0 Å². The molecule has 2 unspecified atom stereocenters. The Balaban J connectivity index is 1.32. The first-order chi connectivity index (χ1) is 17.1. The molecular weight excluding hydrogens is 447 g/mol. The minimum absolute atomic E-state index is 0.265. The van der Waals surface area contributed by atoms with Crippen LogP contribution in [0, 0.1) is 11.3 Å². The lowest BCUT2D eigenvalue weighted by Gasteiger charge is -2.32. The Kier molecular flexibility index (Phi) is 6.79. The monoisotopic (exact) mass is 474 g/mol. The molecule has 10 heteroatoms. The molecule has 0 bridgehead atoms. The molecule has 0 radical (unpaired) electrons. The van der Waals surface area contributed by atoms with Gasteiger partial charge in [-0.2, -0.15) is 5.26 Å². The van der Waals surface area contributed by atoms with E-state index in [0.717, 1.165) is 37.7 Å². The molecule has 3 aromatic rings. The highest BCUT2D eigenvalue weighted by Gasteiger charge is 2.25. The average Bonchev–Trinajstić information content (AvgIpc) is 3.31. The van der Waals surface area contributed by atoms with E-state index >= 15 is 0 Å². The molecule has 180 valence electrons. The van der Waals surface area contributed by atoms with Gasteiger partial charge in [-0.15, -0.1) is 0 Å². The number of hydrogen-bond acceptors (Lipinski definition) is 9. The molecule has 2 aliphatic rings.